The summed E-state index contributed by atoms with van der Waals surface area (Å²) in [4.78, 5) is 11.0. The maximum absolute atomic E-state index is 11.0. The molecule has 0 saturated heterocycles. The molecule has 1 atom stereocenters. The van der Waals surface area contributed by atoms with E-state index in [1.807, 2.05) is 12.2 Å². The van der Waals surface area contributed by atoms with Crippen molar-refractivity contribution in [1.29, 1.82) is 0 Å². The van der Waals surface area contributed by atoms with Crippen molar-refractivity contribution in [2.75, 3.05) is 6.61 Å². The molecule has 0 aromatic carbocycles. The van der Waals surface area contributed by atoms with Gasteiger partial charge in [-0.1, -0.05) is 24.3 Å². The third kappa shape index (κ3) is 1.42. The number of carbonyl (C=O) groups excluding carboxylic acids is 1. The summed E-state index contributed by atoms with van der Waals surface area (Å²) in [6.45, 7) is 0.659. The zero-order chi connectivity index (χ0) is 9.26. The lowest BCUT2D eigenvalue weighted by Crippen LogP contribution is -2.31. The summed E-state index contributed by atoms with van der Waals surface area (Å²) < 4.78 is 5.47. The van der Waals surface area contributed by atoms with Crippen molar-refractivity contribution in [3.05, 3.63) is 35.5 Å². The SMILES string of the molecule is NC(=O)C1=CC=CC2=CCCOC21. The molecule has 13 heavy (non-hydrogen) atoms. The molecule has 0 aromatic rings. The van der Waals surface area contributed by atoms with E-state index >= 15 is 0 Å². The van der Waals surface area contributed by atoms with Gasteiger partial charge in [0.1, 0.15) is 6.10 Å². The van der Waals surface area contributed by atoms with Gasteiger partial charge in [0.05, 0.1) is 6.61 Å². The van der Waals surface area contributed by atoms with Crippen LogP contribution in [-0.4, -0.2) is 18.6 Å². The second kappa shape index (κ2) is 3.18. The summed E-state index contributed by atoms with van der Waals surface area (Å²) >= 11 is 0. The molecule has 3 nitrogen and oxygen atoms in total. The number of ether oxygens (including phenoxy) is 1. The molecule has 0 spiro atoms. The van der Waals surface area contributed by atoms with Gasteiger partial charge in [-0.15, -0.1) is 0 Å². The monoisotopic (exact) mass is 177 g/mol. The number of carbonyl (C=O) groups is 1. The van der Waals surface area contributed by atoms with Crippen LogP contribution in [0.2, 0.25) is 0 Å². The molecule has 2 rings (SSSR count). The molecule has 0 saturated carbocycles. The minimum absolute atomic E-state index is 0.226. The molecule has 1 amide bonds. The van der Waals surface area contributed by atoms with Gasteiger partial charge in [-0.2, -0.15) is 0 Å². The van der Waals surface area contributed by atoms with E-state index in [-0.39, 0.29) is 6.10 Å². The highest BCUT2D eigenvalue weighted by molar-refractivity contribution is 5.94. The van der Waals surface area contributed by atoms with Crippen molar-refractivity contribution >= 4 is 5.91 Å². The molecule has 0 aromatic heterocycles. The third-order valence-electron chi connectivity index (χ3n) is 2.22. The fraction of sp³-hybridized carbons (Fsp3) is 0.300. The predicted octanol–water partition coefficient (Wildman–Crippen LogP) is 0.683. The van der Waals surface area contributed by atoms with E-state index in [0.29, 0.717) is 12.2 Å². The molecule has 0 radical (unpaired) electrons. The summed E-state index contributed by atoms with van der Waals surface area (Å²) in [6.07, 6.45) is 8.27. The predicted molar refractivity (Wildman–Crippen MR) is 48.9 cm³/mol. The fourth-order valence-electron chi connectivity index (χ4n) is 1.60. The van der Waals surface area contributed by atoms with Crippen LogP contribution >= 0.6 is 0 Å². The topological polar surface area (TPSA) is 52.3 Å². The van der Waals surface area contributed by atoms with Crippen molar-refractivity contribution in [2.45, 2.75) is 12.5 Å². The molecular formula is C10H11NO2. The van der Waals surface area contributed by atoms with Crippen LogP contribution < -0.4 is 5.73 Å². The molecule has 1 unspecified atom stereocenters. The number of primary amides is 1. The Labute approximate surface area is 76.6 Å². The van der Waals surface area contributed by atoms with Crippen LogP contribution in [0.5, 0.6) is 0 Å². The third-order valence-corrected chi connectivity index (χ3v) is 2.22. The smallest absolute Gasteiger partial charge is 0.247 e. The van der Waals surface area contributed by atoms with Crippen molar-refractivity contribution in [2.24, 2.45) is 5.73 Å². The van der Waals surface area contributed by atoms with Gasteiger partial charge in [-0.3, -0.25) is 4.79 Å². The molecule has 2 N–H and O–H groups in total. The largest absolute Gasteiger partial charge is 0.368 e. The van der Waals surface area contributed by atoms with Crippen LogP contribution in [0.25, 0.3) is 0 Å². The Kier molecular flexibility index (Phi) is 2.02. The summed E-state index contributed by atoms with van der Waals surface area (Å²) in [5, 5.41) is 0. The summed E-state index contributed by atoms with van der Waals surface area (Å²) in [6, 6.07) is 0. The second-order valence-corrected chi connectivity index (χ2v) is 3.09. The average molecular weight is 177 g/mol. The van der Waals surface area contributed by atoms with Crippen LogP contribution in [-0.2, 0) is 9.53 Å². The molecular weight excluding hydrogens is 166 g/mol. The molecule has 0 fully saturated rings. The van der Waals surface area contributed by atoms with Crippen molar-refractivity contribution in [1.82, 2.24) is 0 Å². The molecule has 1 aliphatic heterocycles. The number of hydrogen-bond donors (Lipinski definition) is 1. The van der Waals surface area contributed by atoms with Crippen LogP contribution in [0.3, 0.4) is 0 Å². The number of nitrogens with two attached hydrogens (primary N) is 1. The molecule has 0 bridgehead atoms. The van der Waals surface area contributed by atoms with E-state index in [1.165, 1.54) is 0 Å². The van der Waals surface area contributed by atoms with Crippen LogP contribution in [0.1, 0.15) is 6.42 Å². The lowest BCUT2D eigenvalue weighted by atomic mass is 9.93. The lowest BCUT2D eigenvalue weighted by molar-refractivity contribution is -0.115. The zero-order valence-electron chi connectivity index (χ0n) is 7.19. The molecule has 68 valence electrons. The van der Waals surface area contributed by atoms with E-state index in [4.69, 9.17) is 10.5 Å². The quantitative estimate of drug-likeness (QED) is 0.640. The highest BCUT2D eigenvalue weighted by atomic mass is 16.5. The summed E-state index contributed by atoms with van der Waals surface area (Å²) in [7, 11) is 0. The molecule has 1 heterocycles. The number of rotatable bonds is 1. The van der Waals surface area contributed by atoms with Gasteiger partial charge < -0.3 is 10.5 Å². The first kappa shape index (κ1) is 8.26. The first-order valence-electron chi connectivity index (χ1n) is 4.29. The van der Waals surface area contributed by atoms with Crippen molar-refractivity contribution < 1.29 is 9.53 Å². The van der Waals surface area contributed by atoms with Gasteiger partial charge >= 0.3 is 0 Å². The highest BCUT2D eigenvalue weighted by Crippen LogP contribution is 2.25. The van der Waals surface area contributed by atoms with Gasteiger partial charge in [0.15, 0.2) is 0 Å². The van der Waals surface area contributed by atoms with Crippen LogP contribution in [0.4, 0.5) is 0 Å². The molecule has 2 aliphatic rings. The van der Waals surface area contributed by atoms with Gasteiger partial charge in [-0.25, -0.2) is 0 Å². The van der Waals surface area contributed by atoms with Crippen LogP contribution in [0.15, 0.2) is 35.5 Å². The minimum atomic E-state index is -0.401. The number of hydrogen-bond acceptors (Lipinski definition) is 2. The fourth-order valence-corrected chi connectivity index (χ4v) is 1.60. The molecule has 1 aliphatic carbocycles. The van der Waals surface area contributed by atoms with E-state index in [1.54, 1.807) is 6.08 Å². The summed E-state index contributed by atoms with van der Waals surface area (Å²) in [5.41, 5.74) is 6.82. The minimum Gasteiger partial charge on any atom is -0.368 e. The van der Waals surface area contributed by atoms with Gasteiger partial charge in [0, 0.05) is 5.57 Å². The molecule has 3 heteroatoms. The number of allylic oxidation sites excluding steroid dienone is 2. The number of fused-ring (bicyclic) bond motifs is 1. The van der Waals surface area contributed by atoms with E-state index in [2.05, 4.69) is 6.08 Å². The Balaban J connectivity index is 2.34. The van der Waals surface area contributed by atoms with Gasteiger partial charge in [-0.05, 0) is 12.0 Å². The normalized spacial score (nSPS) is 26.0. The van der Waals surface area contributed by atoms with Gasteiger partial charge in [0.25, 0.3) is 0 Å². The van der Waals surface area contributed by atoms with Crippen molar-refractivity contribution in [3.63, 3.8) is 0 Å². The number of amides is 1. The highest BCUT2D eigenvalue weighted by Gasteiger charge is 2.25. The Hall–Kier alpha value is -1.35. The Morgan fingerprint density at radius 2 is 2.46 bits per heavy atom. The van der Waals surface area contributed by atoms with Crippen molar-refractivity contribution in [3.8, 4) is 0 Å². The average Bonchev–Trinajstić information content (AvgIpc) is 2.17. The Morgan fingerprint density at radius 1 is 1.62 bits per heavy atom. The maximum Gasteiger partial charge on any atom is 0.247 e. The Bertz CT molecular complexity index is 326. The lowest BCUT2D eigenvalue weighted by Gasteiger charge is -2.25. The van der Waals surface area contributed by atoms with E-state index in [9.17, 15) is 4.79 Å². The Morgan fingerprint density at radius 3 is 3.23 bits per heavy atom. The summed E-state index contributed by atoms with van der Waals surface area (Å²) in [5.74, 6) is -0.401. The van der Waals surface area contributed by atoms with Gasteiger partial charge in [0.2, 0.25) is 5.91 Å². The zero-order valence-corrected chi connectivity index (χ0v) is 7.19. The van der Waals surface area contributed by atoms with Crippen LogP contribution in [0, 0.1) is 0 Å². The standard InChI is InChI=1S/C10H11NO2/c11-10(12)8-5-1-3-7-4-2-6-13-9(7)8/h1,3-5,9H,2,6H2,(H2,11,12). The van der Waals surface area contributed by atoms with E-state index < -0.39 is 5.91 Å². The van der Waals surface area contributed by atoms with E-state index in [0.717, 1.165) is 12.0 Å². The maximum atomic E-state index is 11.0. The first-order valence-corrected chi connectivity index (χ1v) is 4.29. The first-order chi connectivity index (χ1) is 6.29. The second-order valence-electron chi connectivity index (χ2n) is 3.09.